The summed E-state index contributed by atoms with van der Waals surface area (Å²) >= 11 is 9.32. The number of hydrogen-bond donors (Lipinski definition) is 0. The molecule has 0 bridgehead atoms. The summed E-state index contributed by atoms with van der Waals surface area (Å²) in [6.07, 6.45) is 3.59. The van der Waals surface area contributed by atoms with E-state index in [9.17, 15) is 0 Å². The van der Waals surface area contributed by atoms with Crippen molar-refractivity contribution in [3.63, 3.8) is 0 Å². The van der Waals surface area contributed by atoms with Crippen molar-refractivity contribution in [2.45, 2.75) is 25.8 Å². The Hall–Kier alpha value is -1.00. The number of ether oxygens (including phenoxy) is 1. The monoisotopic (exact) mass is 328 g/mol. The lowest BCUT2D eigenvalue weighted by Crippen LogP contribution is -1.99. The van der Waals surface area contributed by atoms with Gasteiger partial charge >= 0.3 is 0 Å². The molecule has 0 radical (unpaired) electrons. The molecule has 2 aromatic rings. The van der Waals surface area contributed by atoms with Gasteiger partial charge in [0.15, 0.2) is 5.75 Å². The van der Waals surface area contributed by atoms with Crippen molar-refractivity contribution in [2.75, 3.05) is 0 Å². The van der Waals surface area contributed by atoms with Crippen LogP contribution in [0.25, 0.3) is 0 Å². The third-order valence-electron chi connectivity index (χ3n) is 2.50. The van der Waals surface area contributed by atoms with Crippen molar-refractivity contribution < 1.29 is 4.74 Å². The van der Waals surface area contributed by atoms with Gasteiger partial charge < -0.3 is 4.74 Å². The van der Waals surface area contributed by atoms with Crippen molar-refractivity contribution in [3.8, 4) is 11.5 Å². The van der Waals surface area contributed by atoms with Crippen LogP contribution >= 0.6 is 27.5 Å². The third-order valence-corrected chi connectivity index (χ3v) is 3.28. The SMILES string of the molecule is CC(C)n1cc(Oc2ccc(Br)cc2CCl)cn1. The van der Waals surface area contributed by atoms with E-state index in [1.165, 1.54) is 0 Å². The molecule has 1 heterocycles. The quantitative estimate of drug-likeness (QED) is 0.756. The molecule has 0 aliphatic heterocycles. The molecule has 0 unspecified atom stereocenters. The van der Waals surface area contributed by atoms with Gasteiger partial charge in [0.25, 0.3) is 0 Å². The first-order valence-electron chi connectivity index (χ1n) is 5.66. The Kier molecular flexibility index (Phi) is 4.30. The molecule has 3 nitrogen and oxygen atoms in total. The number of rotatable bonds is 4. The van der Waals surface area contributed by atoms with E-state index in [1.54, 1.807) is 6.20 Å². The highest BCUT2D eigenvalue weighted by atomic mass is 79.9. The zero-order valence-corrected chi connectivity index (χ0v) is 12.6. The summed E-state index contributed by atoms with van der Waals surface area (Å²) in [6, 6.07) is 6.10. The molecule has 0 saturated carbocycles. The number of benzene rings is 1. The second kappa shape index (κ2) is 5.76. The van der Waals surface area contributed by atoms with Crippen LogP contribution in [-0.4, -0.2) is 9.78 Å². The Morgan fingerprint density at radius 2 is 2.22 bits per heavy atom. The van der Waals surface area contributed by atoms with Crippen LogP contribution in [0.4, 0.5) is 0 Å². The van der Waals surface area contributed by atoms with E-state index < -0.39 is 0 Å². The van der Waals surface area contributed by atoms with Crippen LogP contribution in [0.3, 0.4) is 0 Å². The average Bonchev–Trinajstić information content (AvgIpc) is 2.80. The highest BCUT2D eigenvalue weighted by Gasteiger charge is 2.07. The molecule has 0 fully saturated rings. The molecule has 0 N–H and O–H groups in total. The van der Waals surface area contributed by atoms with Gasteiger partial charge in [-0.15, -0.1) is 11.6 Å². The van der Waals surface area contributed by atoms with Gasteiger partial charge in [0.05, 0.1) is 18.3 Å². The summed E-state index contributed by atoms with van der Waals surface area (Å²) in [4.78, 5) is 0. The molecule has 2 rings (SSSR count). The fourth-order valence-electron chi connectivity index (χ4n) is 1.53. The number of halogens is 2. The van der Waals surface area contributed by atoms with Crippen molar-refractivity contribution in [3.05, 3.63) is 40.6 Å². The molecule has 0 saturated heterocycles. The summed E-state index contributed by atoms with van der Waals surface area (Å²) < 4.78 is 8.64. The van der Waals surface area contributed by atoms with Gasteiger partial charge in [0, 0.05) is 16.1 Å². The number of alkyl halides is 1. The van der Waals surface area contributed by atoms with Crippen molar-refractivity contribution in [2.24, 2.45) is 0 Å². The molecule has 0 atom stereocenters. The van der Waals surface area contributed by atoms with E-state index in [4.69, 9.17) is 16.3 Å². The maximum Gasteiger partial charge on any atom is 0.165 e. The summed E-state index contributed by atoms with van der Waals surface area (Å²) in [7, 11) is 0. The predicted molar refractivity (Wildman–Crippen MR) is 76.4 cm³/mol. The van der Waals surface area contributed by atoms with Gasteiger partial charge in [0.1, 0.15) is 5.75 Å². The summed E-state index contributed by atoms with van der Waals surface area (Å²) in [5, 5.41) is 4.23. The third kappa shape index (κ3) is 3.06. The van der Waals surface area contributed by atoms with E-state index in [1.807, 2.05) is 29.1 Å². The van der Waals surface area contributed by atoms with E-state index in [0.717, 1.165) is 21.5 Å². The second-order valence-electron chi connectivity index (χ2n) is 4.24. The van der Waals surface area contributed by atoms with E-state index >= 15 is 0 Å². The average molecular weight is 330 g/mol. The standard InChI is InChI=1S/C13H14BrClN2O/c1-9(2)17-8-12(7-16-17)18-13-4-3-11(14)5-10(13)6-15/h3-5,7-9H,6H2,1-2H3. The molecule has 1 aromatic carbocycles. The van der Waals surface area contributed by atoms with Gasteiger partial charge in [-0.25, -0.2) is 0 Å². The van der Waals surface area contributed by atoms with Crippen LogP contribution in [0.5, 0.6) is 11.5 Å². The molecule has 5 heteroatoms. The normalized spacial score (nSPS) is 10.9. The second-order valence-corrected chi connectivity index (χ2v) is 5.42. The van der Waals surface area contributed by atoms with Crippen LogP contribution in [0.2, 0.25) is 0 Å². The maximum atomic E-state index is 5.90. The highest BCUT2D eigenvalue weighted by molar-refractivity contribution is 9.10. The molecule has 18 heavy (non-hydrogen) atoms. The minimum atomic E-state index is 0.319. The van der Waals surface area contributed by atoms with Gasteiger partial charge in [0.2, 0.25) is 0 Å². The molecular formula is C13H14BrClN2O. The summed E-state index contributed by atoms with van der Waals surface area (Å²) in [6.45, 7) is 4.14. The molecule has 0 spiro atoms. The zero-order valence-electron chi connectivity index (χ0n) is 10.2. The van der Waals surface area contributed by atoms with Gasteiger partial charge in [-0.3, -0.25) is 4.68 Å². The Morgan fingerprint density at radius 1 is 1.44 bits per heavy atom. The molecule has 0 aliphatic carbocycles. The molecule has 0 aliphatic rings. The first-order valence-corrected chi connectivity index (χ1v) is 6.99. The predicted octanol–water partition coefficient (Wildman–Crippen LogP) is 4.76. The summed E-state index contributed by atoms with van der Waals surface area (Å²) in [5.74, 6) is 1.89. The van der Waals surface area contributed by atoms with E-state index in [2.05, 4.69) is 34.9 Å². The van der Waals surface area contributed by atoms with Crippen LogP contribution in [-0.2, 0) is 5.88 Å². The number of nitrogens with zero attached hydrogens (tertiary/aromatic N) is 2. The number of aromatic nitrogens is 2. The van der Waals surface area contributed by atoms with Crippen molar-refractivity contribution in [1.82, 2.24) is 9.78 Å². The minimum absolute atomic E-state index is 0.319. The Balaban J connectivity index is 2.22. The lowest BCUT2D eigenvalue weighted by atomic mass is 10.2. The van der Waals surface area contributed by atoms with E-state index in [-0.39, 0.29) is 0 Å². The lowest BCUT2D eigenvalue weighted by Gasteiger charge is -2.08. The van der Waals surface area contributed by atoms with Gasteiger partial charge in [-0.1, -0.05) is 15.9 Å². The summed E-state index contributed by atoms with van der Waals surface area (Å²) in [5.41, 5.74) is 0.948. The maximum absolute atomic E-state index is 5.90. The largest absolute Gasteiger partial charge is 0.454 e. The topological polar surface area (TPSA) is 27.1 Å². The number of hydrogen-bond acceptors (Lipinski definition) is 2. The Labute approximate surface area is 120 Å². The molecule has 0 amide bonds. The van der Waals surface area contributed by atoms with Crippen molar-refractivity contribution >= 4 is 27.5 Å². The van der Waals surface area contributed by atoms with Crippen molar-refractivity contribution in [1.29, 1.82) is 0 Å². The fraction of sp³-hybridized carbons (Fsp3) is 0.308. The molecule has 1 aromatic heterocycles. The molecular weight excluding hydrogens is 316 g/mol. The zero-order chi connectivity index (χ0) is 13.1. The van der Waals surface area contributed by atoms with Crippen LogP contribution in [0.1, 0.15) is 25.5 Å². The van der Waals surface area contributed by atoms with Crippen LogP contribution in [0.15, 0.2) is 35.1 Å². The molecule has 96 valence electrons. The first-order chi connectivity index (χ1) is 8.60. The minimum Gasteiger partial charge on any atom is -0.454 e. The van der Waals surface area contributed by atoms with Gasteiger partial charge in [-0.05, 0) is 32.0 Å². The Bertz CT molecular complexity index is 540. The fourth-order valence-corrected chi connectivity index (χ4v) is 2.15. The van der Waals surface area contributed by atoms with Gasteiger partial charge in [-0.2, -0.15) is 5.10 Å². The van der Waals surface area contributed by atoms with Crippen LogP contribution < -0.4 is 4.74 Å². The highest BCUT2D eigenvalue weighted by Crippen LogP contribution is 2.29. The van der Waals surface area contributed by atoms with E-state index in [0.29, 0.717) is 11.9 Å². The van der Waals surface area contributed by atoms with Crippen LogP contribution in [0, 0.1) is 0 Å². The lowest BCUT2D eigenvalue weighted by molar-refractivity contribution is 0.473. The smallest absolute Gasteiger partial charge is 0.165 e. The first kappa shape index (κ1) is 13.4. The Morgan fingerprint density at radius 3 is 2.83 bits per heavy atom.